The average Bonchev–Trinajstić information content (AvgIpc) is 3.33. The van der Waals surface area contributed by atoms with E-state index >= 15 is 0 Å². The molecule has 1 aliphatic heterocycles. The summed E-state index contributed by atoms with van der Waals surface area (Å²) in [6, 6.07) is 9.94. The Bertz CT molecular complexity index is 651. The fourth-order valence-electron chi connectivity index (χ4n) is 3.49. The summed E-state index contributed by atoms with van der Waals surface area (Å²) in [4.78, 5) is 2.47. The molecule has 1 aromatic carbocycles. The zero-order valence-electron chi connectivity index (χ0n) is 15.1. The second kappa shape index (κ2) is 8.52. The predicted octanol–water partition coefficient (Wildman–Crippen LogP) is 3.27. The van der Waals surface area contributed by atoms with Crippen LogP contribution in [-0.4, -0.2) is 36.8 Å². The van der Waals surface area contributed by atoms with Crippen molar-refractivity contribution in [2.45, 2.75) is 38.4 Å². The molecule has 136 valence electrons. The van der Waals surface area contributed by atoms with Gasteiger partial charge in [-0.2, -0.15) is 0 Å². The van der Waals surface area contributed by atoms with Gasteiger partial charge in [0, 0.05) is 18.2 Å². The number of benzene rings is 1. The second-order valence-electron chi connectivity index (χ2n) is 6.69. The van der Waals surface area contributed by atoms with E-state index in [9.17, 15) is 5.11 Å². The van der Waals surface area contributed by atoms with Crippen LogP contribution in [0.1, 0.15) is 48.7 Å². The number of rotatable bonds is 8. The standard InChI is InChI=1S/C20H28N2O3/c1-15(21-18(14-23)20-6-5-11-25-20)16-7-8-19(24-2)17(12-16)13-22-9-3-4-10-22/h5-8,11-12,15,18,21,23H,3-4,9-10,13-14H2,1-2H3. The average molecular weight is 344 g/mol. The van der Waals surface area contributed by atoms with Crippen LogP contribution in [0.15, 0.2) is 41.0 Å². The Kier molecular flexibility index (Phi) is 6.13. The minimum Gasteiger partial charge on any atom is -0.496 e. The highest BCUT2D eigenvalue weighted by atomic mass is 16.5. The summed E-state index contributed by atoms with van der Waals surface area (Å²) in [5.74, 6) is 1.69. The minimum atomic E-state index is -0.214. The van der Waals surface area contributed by atoms with Crippen LogP contribution in [-0.2, 0) is 6.54 Å². The molecule has 2 atom stereocenters. The second-order valence-corrected chi connectivity index (χ2v) is 6.69. The van der Waals surface area contributed by atoms with Crippen LogP contribution in [0.2, 0.25) is 0 Å². The largest absolute Gasteiger partial charge is 0.496 e. The molecule has 1 fully saturated rings. The summed E-state index contributed by atoms with van der Waals surface area (Å²) < 4.78 is 11.0. The normalized spacial score (nSPS) is 17.6. The molecule has 5 heteroatoms. The van der Waals surface area contributed by atoms with E-state index in [4.69, 9.17) is 9.15 Å². The fourth-order valence-corrected chi connectivity index (χ4v) is 3.49. The molecule has 2 unspecified atom stereocenters. The molecule has 5 nitrogen and oxygen atoms in total. The molecule has 2 heterocycles. The van der Waals surface area contributed by atoms with Gasteiger partial charge in [-0.25, -0.2) is 0 Å². The number of hydrogen-bond donors (Lipinski definition) is 2. The van der Waals surface area contributed by atoms with Crippen molar-refractivity contribution in [2.24, 2.45) is 0 Å². The molecule has 0 amide bonds. The number of nitrogens with zero attached hydrogens (tertiary/aromatic N) is 1. The number of ether oxygens (including phenoxy) is 1. The summed E-state index contributed by atoms with van der Waals surface area (Å²) in [7, 11) is 1.73. The van der Waals surface area contributed by atoms with Crippen molar-refractivity contribution in [1.82, 2.24) is 10.2 Å². The van der Waals surface area contributed by atoms with E-state index in [2.05, 4.69) is 29.3 Å². The van der Waals surface area contributed by atoms with Gasteiger partial charge in [-0.05, 0) is 62.7 Å². The van der Waals surface area contributed by atoms with Crippen molar-refractivity contribution >= 4 is 0 Å². The number of aliphatic hydroxyl groups is 1. The molecule has 3 rings (SSSR count). The van der Waals surface area contributed by atoms with Crippen LogP contribution in [0.25, 0.3) is 0 Å². The number of hydrogen-bond acceptors (Lipinski definition) is 5. The molecule has 1 saturated heterocycles. The first kappa shape index (κ1) is 18.0. The zero-order valence-corrected chi connectivity index (χ0v) is 15.1. The Balaban J connectivity index is 1.74. The van der Waals surface area contributed by atoms with E-state index < -0.39 is 0 Å². The lowest BCUT2D eigenvalue weighted by Crippen LogP contribution is -2.27. The smallest absolute Gasteiger partial charge is 0.123 e. The van der Waals surface area contributed by atoms with Gasteiger partial charge in [0.05, 0.1) is 26.0 Å². The third-order valence-corrected chi connectivity index (χ3v) is 4.92. The maximum absolute atomic E-state index is 9.67. The van der Waals surface area contributed by atoms with Crippen molar-refractivity contribution in [3.63, 3.8) is 0 Å². The molecule has 0 spiro atoms. The lowest BCUT2D eigenvalue weighted by molar-refractivity contribution is 0.217. The third-order valence-electron chi connectivity index (χ3n) is 4.92. The van der Waals surface area contributed by atoms with Crippen LogP contribution >= 0.6 is 0 Å². The molecule has 0 aliphatic carbocycles. The molecular formula is C20H28N2O3. The molecule has 0 bridgehead atoms. The Morgan fingerprint density at radius 3 is 2.72 bits per heavy atom. The lowest BCUT2D eigenvalue weighted by Gasteiger charge is -2.23. The van der Waals surface area contributed by atoms with Crippen molar-refractivity contribution < 1.29 is 14.3 Å². The van der Waals surface area contributed by atoms with Gasteiger partial charge in [0.2, 0.25) is 0 Å². The first-order valence-corrected chi connectivity index (χ1v) is 9.00. The van der Waals surface area contributed by atoms with E-state index in [1.54, 1.807) is 13.4 Å². The SMILES string of the molecule is COc1ccc(C(C)NC(CO)c2ccco2)cc1CN1CCCC1. The lowest BCUT2D eigenvalue weighted by atomic mass is 10.0. The summed E-state index contributed by atoms with van der Waals surface area (Å²) in [6.07, 6.45) is 4.19. The van der Waals surface area contributed by atoms with Gasteiger partial charge in [0.1, 0.15) is 11.5 Å². The van der Waals surface area contributed by atoms with Crippen LogP contribution in [0.4, 0.5) is 0 Å². The Morgan fingerprint density at radius 2 is 2.08 bits per heavy atom. The van der Waals surface area contributed by atoms with E-state index in [0.29, 0.717) is 0 Å². The van der Waals surface area contributed by atoms with Gasteiger partial charge in [-0.1, -0.05) is 6.07 Å². The highest BCUT2D eigenvalue weighted by Crippen LogP contribution is 2.27. The molecular weight excluding hydrogens is 316 g/mol. The molecule has 25 heavy (non-hydrogen) atoms. The molecule has 2 N–H and O–H groups in total. The number of nitrogens with one attached hydrogen (secondary N) is 1. The highest BCUT2D eigenvalue weighted by molar-refractivity contribution is 5.38. The van der Waals surface area contributed by atoms with Gasteiger partial charge in [0.25, 0.3) is 0 Å². The number of methoxy groups -OCH3 is 1. The number of likely N-dealkylation sites (tertiary alicyclic amines) is 1. The number of aliphatic hydroxyl groups excluding tert-OH is 1. The van der Waals surface area contributed by atoms with Crippen molar-refractivity contribution in [3.05, 3.63) is 53.5 Å². The van der Waals surface area contributed by atoms with Crippen LogP contribution < -0.4 is 10.1 Å². The van der Waals surface area contributed by atoms with Crippen molar-refractivity contribution in [2.75, 3.05) is 26.8 Å². The summed E-state index contributed by atoms with van der Waals surface area (Å²) >= 11 is 0. The van der Waals surface area contributed by atoms with Crippen molar-refractivity contribution in [3.8, 4) is 5.75 Å². The van der Waals surface area contributed by atoms with E-state index in [0.717, 1.165) is 31.1 Å². The van der Waals surface area contributed by atoms with Gasteiger partial charge in [0.15, 0.2) is 0 Å². The maximum atomic E-state index is 9.67. The quantitative estimate of drug-likeness (QED) is 0.770. The summed E-state index contributed by atoms with van der Waals surface area (Å²) in [5, 5.41) is 13.1. The van der Waals surface area contributed by atoms with Gasteiger partial charge in [-0.3, -0.25) is 10.2 Å². The monoisotopic (exact) mass is 344 g/mol. The van der Waals surface area contributed by atoms with E-state index in [-0.39, 0.29) is 18.7 Å². The molecule has 0 saturated carbocycles. The Labute approximate surface area is 149 Å². The van der Waals surface area contributed by atoms with Crippen LogP contribution in [0.3, 0.4) is 0 Å². The predicted molar refractivity (Wildman–Crippen MR) is 97.6 cm³/mol. The van der Waals surface area contributed by atoms with Crippen LogP contribution in [0, 0.1) is 0 Å². The topological polar surface area (TPSA) is 57.9 Å². The van der Waals surface area contributed by atoms with Gasteiger partial charge < -0.3 is 14.3 Å². The zero-order chi connectivity index (χ0) is 17.6. The summed E-state index contributed by atoms with van der Waals surface area (Å²) in [6.45, 7) is 5.34. The molecule has 1 aromatic heterocycles. The summed E-state index contributed by atoms with van der Waals surface area (Å²) in [5.41, 5.74) is 2.40. The highest BCUT2D eigenvalue weighted by Gasteiger charge is 2.19. The Morgan fingerprint density at radius 1 is 1.28 bits per heavy atom. The third kappa shape index (κ3) is 4.42. The minimum absolute atomic E-state index is 0.00531. The van der Waals surface area contributed by atoms with Gasteiger partial charge >= 0.3 is 0 Å². The molecule has 0 radical (unpaired) electrons. The van der Waals surface area contributed by atoms with Crippen LogP contribution in [0.5, 0.6) is 5.75 Å². The fraction of sp³-hybridized carbons (Fsp3) is 0.500. The molecule has 2 aromatic rings. The Hall–Kier alpha value is -1.82. The number of furan rings is 1. The first-order valence-electron chi connectivity index (χ1n) is 9.00. The first-order chi connectivity index (χ1) is 12.2. The molecule has 1 aliphatic rings. The van der Waals surface area contributed by atoms with E-state index in [1.807, 2.05) is 18.2 Å². The maximum Gasteiger partial charge on any atom is 0.123 e. The van der Waals surface area contributed by atoms with Crippen molar-refractivity contribution in [1.29, 1.82) is 0 Å². The van der Waals surface area contributed by atoms with Gasteiger partial charge in [-0.15, -0.1) is 0 Å². The van der Waals surface area contributed by atoms with E-state index in [1.165, 1.54) is 24.0 Å².